The van der Waals surface area contributed by atoms with Gasteiger partial charge >= 0.3 is 0 Å². The van der Waals surface area contributed by atoms with E-state index in [1.165, 1.54) is 0 Å². The Morgan fingerprint density at radius 2 is 1.94 bits per heavy atom. The van der Waals surface area contributed by atoms with Crippen LogP contribution in [0.25, 0.3) is 22.5 Å². The summed E-state index contributed by atoms with van der Waals surface area (Å²) in [6, 6.07) is 14.9. The van der Waals surface area contributed by atoms with Crippen LogP contribution in [-0.2, 0) is 13.0 Å². The van der Waals surface area contributed by atoms with Gasteiger partial charge in [-0.2, -0.15) is 5.10 Å². The molecule has 1 aliphatic heterocycles. The van der Waals surface area contributed by atoms with Gasteiger partial charge in [-0.25, -0.2) is 4.98 Å². The maximum absolute atomic E-state index is 12.8. The second-order valence-electron chi connectivity index (χ2n) is 7.58. The molecule has 1 amide bonds. The van der Waals surface area contributed by atoms with Gasteiger partial charge in [0.05, 0.1) is 31.8 Å². The van der Waals surface area contributed by atoms with Crippen molar-refractivity contribution in [2.75, 3.05) is 19.5 Å². The number of benzene rings is 2. The average molecular weight is 429 g/mol. The Morgan fingerprint density at radius 3 is 2.72 bits per heavy atom. The van der Waals surface area contributed by atoms with Crippen LogP contribution < -0.4 is 14.8 Å². The number of nitrogens with zero attached hydrogens (tertiary/aromatic N) is 3. The number of H-pyrrole nitrogens is 1. The molecule has 32 heavy (non-hydrogen) atoms. The van der Waals surface area contributed by atoms with Crippen LogP contribution in [0.5, 0.6) is 11.5 Å². The topological polar surface area (TPSA) is 94.1 Å². The summed E-state index contributed by atoms with van der Waals surface area (Å²) in [7, 11) is 3.19. The highest BCUT2D eigenvalue weighted by Gasteiger charge is 2.17. The van der Waals surface area contributed by atoms with E-state index in [4.69, 9.17) is 9.47 Å². The second kappa shape index (κ2) is 8.22. The zero-order valence-corrected chi connectivity index (χ0v) is 17.9. The number of carbonyl (C=O) groups excluding carboxylic acids is 1. The Kier molecular flexibility index (Phi) is 5.10. The molecule has 2 aromatic heterocycles. The molecule has 4 aromatic rings. The highest BCUT2D eigenvalue weighted by atomic mass is 16.5. The number of carbonyl (C=O) groups is 1. The number of ether oxygens (including phenoxy) is 2. The molecule has 0 fully saturated rings. The van der Waals surface area contributed by atoms with Crippen LogP contribution in [0, 0.1) is 0 Å². The number of aromatic amines is 1. The van der Waals surface area contributed by atoms with E-state index in [0.717, 1.165) is 42.0 Å². The van der Waals surface area contributed by atoms with Crippen molar-refractivity contribution in [2.45, 2.75) is 19.4 Å². The van der Waals surface area contributed by atoms with Gasteiger partial charge in [-0.3, -0.25) is 9.89 Å². The summed E-state index contributed by atoms with van der Waals surface area (Å²) in [6.45, 7) is 1.00. The first-order valence-corrected chi connectivity index (χ1v) is 10.4. The zero-order valence-electron chi connectivity index (χ0n) is 17.9. The van der Waals surface area contributed by atoms with Crippen LogP contribution in [-0.4, -0.2) is 39.9 Å². The molecule has 162 valence electrons. The Morgan fingerprint density at radius 1 is 1.09 bits per heavy atom. The first-order chi connectivity index (χ1) is 15.7. The van der Waals surface area contributed by atoms with Crippen LogP contribution in [0.1, 0.15) is 22.7 Å². The third kappa shape index (κ3) is 3.60. The number of aromatic nitrogens is 4. The molecule has 5 rings (SSSR count). The minimum atomic E-state index is -0.274. The van der Waals surface area contributed by atoms with Crippen molar-refractivity contribution >= 4 is 11.6 Å². The third-order valence-corrected chi connectivity index (χ3v) is 5.66. The molecular formula is C24H23N5O3. The van der Waals surface area contributed by atoms with Crippen LogP contribution in [0.2, 0.25) is 0 Å². The average Bonchev–Trinajstić information content (AvgIpc) is 3.56. The van der Waals surface area contributed by atoms with Crippen molar-refractivity contribution in [2.24, 2.45) is 0 Å². The Labute approximate surface area is 185 Å². The van der Waals surface area contributed by atoms with Gasteiger partial charge in [-0.1, -0.05) is 12.1 Å². The standard InChI is InChI=1S/C24H23N5O3/c1-31-17-9-10-22(32-2)18(12-17)19-13-20(28-27-19)24(30)26-16-7-5-15(6-8-16)21-14-25-23-4-3-11-29(21)23/h5-10,12-14H,3-4,11H2,1-2H3,(H,26,30)(H,27,28). The second-order valence-corrected chi connectivity index (χ2v) is 7.58. The number of imidazole rings is 1. The number of nitrogens with one attached hydrogen (secondary N) is 2. The van der Waals surface area contributed by atoms with Crippen molar-refractivity contribution in [3.63, 3.8) is 0 Å². The Hall–Kier alpha value is -4.07. The van der Waals surface area contributed by atoms with Crippen molar-refractivity contribution in [1.29, 1.82) is 0 Å². The van der Waals surface area contributed by atoms with E-state index >= 15 is 0 Å². The number of fused-ring (bicyclic) bond motifs is 1. The van der Waals surface area contributed by atoms with Gasteiger partial charge in [0.15, 0.2) is 0 Å². The number of amides is 1. The molecule has 0 radical (unpaired) electrons. The normalized spacial score (nSPS) is 12.4. The lowest BCUT2D eigenvalue weighted by Crippen LogP contribution is -2.12. The Balaban J connectivity index is 1.32. The minimum Gasteiger partial charge on any atom is -0.497 e. The molecular weight excluding hydrogens is 406 g/mol. The molecule has 0 spiro atoms. The maximum atomic E-state index is 12.8. The van der Waals surface area contributed by atoms with E-state index in [9.17, 15) is 4.79 Å². The summed E-state index contributed by atoms with van der Waals surface area (Å²) in [5.41, 5.74) is 4.58. The van der Waals surface area contributed by atoms with Gasteiger partial charge in [-0.15, -0.1) is 0 Å². The molecule has 1 aliphatic rings. The van der Waals surface area contributed by atoms with E-state index in [1.807, 2.05) is 42.6 Å². The number of hydrogen-bond acceptors (Lipinski definition) is 5. The van der Waals surface area contributed by atoms with Gasteiger partial charge in [0.25, 0.3) is 5.91 Å². The zero-order chi connectivity index (χ0) is 22.1. The van der Waals surface area contributed by atoms with Gasteiger partial charge in [0.2, 0.25) is 0 Å². The van der Waals surface area contributed by atoms with E-state index in [2.05, 4.69) is 25.1 Å². The fourth-order valence-electron chi connectivity index (χ4n) is 4.00. The Bertz CT molecular complexity index is 1270. The third-order valence-electron chi connectivity index (χ3n) is 5.66. The van der Waals surface area contributed by atoms with Gasteiger partial charge in [0, 0.05) is 24.2 Å². The van der Waals surface area contributed by atoms with Gasteiger partial charge in [-0.05, 0) is 48.4 Å². The number of rotatable bonds is 6. The lowest BCUT2D eigenvalue weighted by molar-refractivity contribution is 0.102. The fourth-order valence-corrected chi connectivity index (χ4v) is 4.00. The van der Waals surface area contributed by atoms with Crippen LogP contribution >= 0.6 is 0 Å². The molecule has 2 aromatic carbocycles. The van der Waals surface area contributed by atoms with Crippen molar-refractivity contribution in [3.05, 3.63) is 66.2 Å². The highest BCUT2D eigenvalue weighted by molar-refractivity contribution is 6.03. The molecule has 0 bridgehead atoms. The fraction of sp³-hybridized carbons (Fsp3) is 0.208. The van der Waals surface area contributed by atoms with Crippen LogP contribution in [0.3, 0.4) is 0 Å². The lowest BCUT2D eigenvalue weighted by atomic mass is 10.1. The number of anilines is 1. The van der Waals surface area contributed by atoms with Crippen LogP contribution in [0.15, 0.2) is 54.7 Å². The SMILES string of the molecule is COc1ccc(OC)c(-c2cc(C(=O)Nc3ccc(-c4cnc5n4CCC5)cc3)[nH]n2)c1. The summed E-state index contributed by atoms with van der Waals surface area (Å²) >= 11 is 0. The van der Waals surface area contributed by atoms with E-state index in [1.54, 1.807) is 26.4 Å². The van der Waals surface area contributed by atoms with E-state index < -0.39 is 0 Å². The number of aryl methyl sites for hydroxylation is 1. The predicted molar refractivity (Wildman–Crippen MR) is 121 cm³/mol. The predicted octanol–water partition coefficient (Wildman–Crippen LogP) is 4.16. The molecule has 3 heterocycles. The molecule has 0 saturated carbocycles. The highest BCUT2D eigenvalue weighted by Crippen LogP contribution is 2.32. The van der Waals surface area contributed by atoms with Crippen molar-refractivity contribution in [3.8, 4) is 34.0 Å². The smallest absolute Gasteiger partial charge is 0.273 e. The molecule has 2 N–H and O–H groups in total. The molecule has 0 saturated heterocycles. The molecule has 8 nitrogen and oxygen atoms in total. The summed E-state index contributed by atoms with van der Waals surface area (Å²) < 4.78 is 13.0. The van der Waals surface area contributed by atoms with E-state index in [-0.39, 0.29) is 5.91 Å². The summed E-state index contributed by atoms with van der Waals surface area (Å²) in [5.74, 6) is 2.19. The minimum absolute atomic E-state index is 0.274. The molecule has 0 atom stereocenters. The van der Waals surface area contributed by atoms with Gasteiger partial charge < -0.3 is 19.4 Å². The summed E-state index contributed by atoms with van der Waals surface area (Å²) in [5, 5.41) is 10.00. The lowest BCUT2D eigenvalue weighted by Gasteiger charge is -2.08. The molecule has 0 unspecified atom stereocenters. The molecule has 0 aliphatic carbocycles. The first-order valence-electron chi connectivity index (χ1n) is 10.4. The van der Waals surface area contributed by atoms with Crippen LogP contribution in [0.4, 0.5) is 5.69 Å². The summed E-state index contributed by atoms with van der Waals surface area (Å²) in [4.78, 5) is 17.3. The first kappa shape index (κ1) is 19.9. The van der Waals surface area contributed by atoms with E-state index in [0.29, 0.717) is 28.6 Å². The van der Waals surface area contributed by atoms with Gasteiger partial charge in [0.1, 0.15) is 23.0 Å². The quantitative estimate of drug-likeness (QED) is 0.480. The largest absolute Gasteiger partial charge is 0.497 e. The summed E-state index contributed by atoms with van der Waals surface area (Å²) in [6.07, 6.45) is 4.08. The van der Waals surface area contributed by atoms with Crippen molar-refractivity contribution in [1.82, 2.24) is 19.7 Å². The monoisotopic (exact) mass is 429 g/mol. The number of hydrogen-bond donors (Lipinski definition) is 2. The van der Waals surface area contributed by atoms with Crippen molar-refractivity contribution < 1.29 is 14.3 Å². The number of methoxy groups -OCH3 is 2. The maximum Gasteiger partial charge on any atom is 0.273 e. The molecule has 8 heteroatoms.